The number of alkyl halides is 3. The van der Waals surface area contributed by atoms with Crippen molar-refractivity contribution in [2.75, 3.05) is 6.54 Å². The molecular weight excluding hydrogens is 341 g/mol. The second-order valence-corrected chi connectivity index (χ2v) is 7.12. The molecule has 0 unspecified atom stereocenters. The zero-order valence-electron chi connectivity index (χ0n) is 12.2. The quantitative estimate of drug-likeness (QED) is 0.820. The van der Waals surface area contributed by atoms with E-state index in [0.717, 1.165) is 12.1 Å². The van der Waals surface area contributed by atoms with E-state index in [0.29, 0.717) is 18.9 Å². The van der Waals surface area contributed by atoms with Gasteiger partial charge in [-0.1, -0.05) is 31.5 Å². The lowest BCUT2D eigenvalue weighted by molar-refractivity contribution is -0.139. The molecule has 0 atom stereocenters. The van der Waals surface area contributed by atoms with Crippen molar-refractivity contribution >= 4 is 21.6 Å². The summed E-state index contributed by atoms with van der Waals surface area (Å²) >= 11 is 5.69. The number of halogens is 4. The average Bonchev–Trinajstić information content (AvgIpc) is 2.43. The minimum absolute atomic E-state index is 0.176. The van der Waals surface area contributed by atoms with Crippen LogP contribution in [0.15, 0.2) is 23.1 Å². The molecule has 4 nitrogen and oxygen atoms in total. The van der Waals surface area contributed by atoms with Crippen LogP contribution in [0.3, 0.4) is 0 Å². The van der Waals surface area contributed by atoms with E-state index in [9.17, 15) is 21.6 Å². The van der Waals surface area contributed by atoms with Crippen LogP contribution in [0, 0.1) is 0 Å². The molecule has 1 aromatic carbocycles. The van der Waals surface area contributed by atoms with Gasteiger partial charge in [0.2, 0.25) is 10.0 Å². The molecule has 0 bridgehead atoms. The van der Waals surface area contributed by atoms with E-state index in [4.69, 9.17) is 17.3 Å². The van der Waals surface area contributed by atoms with E-state index < -0.39 is 37.2 Å². The number of hydrogen-bond acceptors (Lipinski definition) is 3. The molecule has 22 heavy (non-hydrogen) atoms. The van der Waals surface area contributed by atoms with Crippen LogP contribution in [0.1, 0.15) is 32.3 Å². The van der Waals surface area contributed by atoms with Crippen LogP contribution in [0.4, 0.5) is 13.2 Å². The van der Waals surface area contributed by atoms with Crippen molar-refractivity contribution in [3.63, 3.8) is 0 Å². The second-order valence-electron chi connectivity index (χ2n) is 5.01. The normalized spacial score (nSPS) is 13.4. The molecule has 0 aromatic heterocycles. The molecule has 0 amide bonds. The van der Waals surface area contributed by atoms with Gasteiger partial charge in [0.05, 0.1) is 10.6 Å². The first-order valence-corrected chi connectivity index (χ1v) is 8.47. The predicted octanol–water partition coefficient (Wildman–Crippen LogP) is 3.15. The fourth-order valence-electron chi connectivity index (χ4n) is 1.82. The number of sulfonamides is 1. The second kappa shape index (κ2) is 6.74. The molecule has 0 spiro atoms. The van der Waals surface area contributed by atoms with E-state index >= 15 is 0 Å². The zero-order valence-corrected chi connectivity index (χ0v) is 13.7. The highest BCUT2D eigenvalue weighted by atomic mass is 35.5. The Labute approximate surface area is 132 Å². The number of benzene rings is 1. The summed E-state index contributed by atoms with van der Waals surface area (Å²) in [6.07, 6.45) is -3.88. The lowest BCUT2D eigenvalue weighted by Gasteiger charge is -2.27. The lowest BCUT2D eigenvalue weighted by Crippen LogP contribution is -2.49. The Morgan fingerprint density at radius 2 is 1.77 bits per heavy atom. The van der Waals surface area contributed by atoms with Gasteiger partial charge >= 0.3 is 6.18 Å². The van der Waals surface area contributed by atoms with E-state index in [-0.39, 0.29) is 6.54 Å². The highest BCUT2D eigenvalue weighted by Crippen LogP contribution is 2.37. The van der Waals surface area contributed by atoms with E-state index in [1.54, 1.807) is 13.8 Å². The molecule has 0 heterocycles. The molecule has 0 aliphatic rings. The Balaban J connectivity index is 3.25. The Morgan fingerprint density at radius 3 is 2.23 bits per heavy atom. The van der Waals surface area contributed by atoms with E-state index in [1.807, 2.05) is 0 Å². The van der Waals surface area contributed by atoms with Gasteiger partial charge in [0, 0.05) is 12.1 Å². The zero-order chi connectivity index (χ0) is 17.2. The van der Waals surface area contributed by atoms with Crippen molar-refractivity contribution in [3.05, 3.63) is 28.8 Å². The molecule has 0 radical (unpaired) electrons. The fraction of sp³-hybridized carbons (Fsp3) is 0.538. The third kappa shape index (κ3) is 4.34. The maximum Gasteiger partial charge on any atom is 0.417 e. The summed E-state index contributed by atoms with van der Waals surface area (Å²) in [5.74, 6) is 0. The molecule has 126 valence electrons. The number of rotatable bonds is 6. The van der Waals surface area contributed by atoms with Crippen LogP contribution in [0.2, 0.25) is 5.02 Å². The van der Waals surface area contributed by atoms with Gasteiger partial charge in [-0.25, -0.2) is 13.1 Å². The molecule has 3 N–H and O–H groups in total. The Bertz CT molecular complexity index is 629. The predicted molar refractivity (Wildman–Crippen MR) is 79.1 cm³/mol. The molecule has 9 heteroatoms. The molecular formula is C13H18ClF3N2O2S. The summed E-state index contributed by atoms with van der Waals surface area (Å²) in [6, 6.07) is 2.83. The maximum atomic E-state index is 13.0. The minimum Gasteiger partial charge on any atom is -0.324 e. The molecule has 1 aromatic rings. The van der Waals surface area contributed by atoms with Crippen LogP contribution >= 0.6 is 11.6 Å². The van der Waals surface area contributed by atoms with Crippen molar-refractivity contribution in [3.8, 4) is 0 Å². The van der Waals surface area contributed by atoms with Gasteiger partial charge in [-0.2, -0.15) is 13.2 Å². The van der Waals surface area contributed by atoms with Gasteiger partial charge in [-0.15, -0.1) is 0 Å². The maximum absolute atomic E-state index is 13.0. The van der Waals surface area contributed by atoms with Gasteiger partial charge in [0.15, 0.2) is 0 Å². The summed E-state index contributed by atoms with van der Waals surface area (Å²) in [5, 5.41) is -0.488. The first-order chi connectivity index (χ1) is 9.97. The standard InChI is InChI=1S/C13H18ClF3N2O2S/c1-3-12(18,4-2)8-19-22(20,21)11-9(13(15,16)17)6-5-7-10(11)14/h5-7,19H,3-4,8,18H2,1-2H3. The van der Waals surface area contributed by atoms with Crippen molar-refractivity contribution in [1.29, 1.82) is 0 Å². The SMILES string of the molecule is CCC(N)(CC)CNS(=O)(=O)c1c(Cl)cccc1C(F)(F)F. The van der Waals surface area contributed by atoms with E-state index in [1.165, 1.54) is 0 Å². The van der Waals surface area contributed by atoms with Crippen LogP contribution in [-0.2, 0) is 16.2 Å². The first-order valence-electron chi connectivity index (χ1n) is 6.61. The number of nitrogens with two attached hydrogens (primary N) is 1. The monoisotopic (exact) mass is 358 g/mol. The van der Waals surface area contributed by atoms with Crippen LogP contribution in [-0.4, -0.2) is 20.5 Å². The Hall–Kier alpha value is -0.830. The summed E-state index contributed by atoms with van der Waals surface area (Å²) in [7, 11) is -4.44. The average molecular weight is 359 g/mol. The summed E-state index contributed by atoms with van der Waals surface area (Å²) in [4.78, 5) is -0.973. The minimum atomic E-state index is -4.83. The fourth-order valence-corrected chi connectivity index (χ4v) is 3.72. The third-order valence-corrected chi connectivity index (χ3v) is 5.49. The van der Waals surface area contributed by atoms with Crippen LogP contribution in [0.25, 0.3) is 0 Å². The van der Waals surface area contributed by atoms with Gasteiger partial charge in [0.1, 0.15) is 4.90 Å². The summed E-state index contributed by atoms with van der Waals surface area (Å²) in [5.41, 5.74) is 3.83. The smallest absolute Gasteiger partial charge is 0.324 e. The van der Waals surface area contributed by atoms with Crippen molar-refractivity contribution in [1.82, 2.24) is 4.72 Å². The Morgan fingerprint density at radius 1 is 1.23 bits per heavy atom. The van der Waals surface area contributed by atoms with Gasteiger partial charge in [0.25, 0.3) is 0 Å². The molecule has 0 saturated carbocycles. The highest BCUT2D eigenvalue weighted by Gasteiger charge is 2.39. The van der Waals surface area contributed by atoms with Gasteiger partial charge < -0.3 is 5.73 Å². The van der Waals surface area contributed by atoms with Crippen molar-refractivity contribution < 1.29 is 21.6 Å². The van der Waals surface area contributed by atoms with Gasteiger partial charge in [-0.05, 0) is 25.0 Å². The van der Waals surface area contributed by atoms with Crippen LogP contribution in [0.5, 0.6) is 0 Å². The van der Waals surface area contributed by atoms with Crippen LogP contribution < -0.4 is 10.5 Å². The summed E-state index contributed by atoms with van der Waals surface area (Å²) < 4.78 is 65.6. The number of nitrogens with one attached hydrogen (secondary N) is 1. The molecule has 0 aliphatic heterocycles. The molecule has 0 saturated heterocycles. The lowest BCUT2D eigenvalue weighted by atomic mass is 9.95. The highest BCUT2D eigenvalue weighted by molar-refractivity contribution is 7.89. The van der Waals surface area contributed by atoms with Crippen molar-refractivity contribution in [2.45, 2.75) is 43.3 Å². The molecule has 1 rings (SSSR count). The summed E-state index contributed by atoms with van der Waals surface area (Å²) in [6.45, 7) is 3.37. The van der Waals surface area contributed by atoms with Gasteiger partial charge in [-0.3, -0.25) is 0 Å². The van der Waals surface area contributed by atoms with E-state index in [2.05, 4.69) is 4.72 Å². The topological polar surface area (TPSA) is 72.2 Å². The molecule has 0 fully saturated rings. The van der Waals surface area contributed by atoms with Crippen molar-refractivity contribution in [2.24, 2.45) is 5.73 Å². The molecule has 0 aliphatic carbocycles. The largest absolute Gasteiger partial charge is 0.417 e. The number of hydrogen-bond donors (Lipinski definition) is 2. The first kappa shape index (κ1) is 19.2. The Kier molecular flexibility index (Phi) is 5.88. The third-order valence-electron chi connectivity index (χ3n) is 3.56.